The quantitative estimate of drug-likeness (QED) is 0.750. The lowest BCUT2D eigenvalue weighted by Gasteiger charge is -2.10. The zero-order chi connectivity index (χ0) is 14.1. The summed E-state index contributed by atoms with van der Waals surface area (Å²) in [5.74, 6) is 1.50. The van der Waals surface area contributed by atoms with E-state index in [0.29, 0.717) is 28.4 Å². The first-order chi connectivity index (χ1) is 9.67. The Morgan fingerprint density at radius 2 is 2.05 bits per heavy atom. The van der Waals surface area contributed by atoms with Gasteiger partial charge in [0.05, 0.1) is 13.3 Å². The van der Waals surface area contributed by atoms with Crippen molar-refractivity contribution in [2.45, 2.75) is 6.92 Å². The number of ether oxygens (including phenoxy) is 2. The Morgan fingerprint density at radius 1 is 1.20 bits per heavy atom. The summed E-state index contributed by atoms with van der Waals surface area (Å²) in [4.78, 5) is 8.10. The van der Waals surface area contributed by atoms with Crippen LogP contribution in [0.15, 0.2) is 24.4 Å². The fourth-order valence-corrected chi connectivity index (χ4v) is 1.98. The first-order valence-corrected chi connectivity index (χ1v) is 6.24. The summed E-state index contributed by atoms with van der Waals surface area (Å²) in [6, 6.07) is 5.62. The molecule has 102 valence electrons. The zero-order valence-corrected chi connectivity index (χ0v) is 11.6. The van der Waals surface area contributed by atoms with Crippen molar-refractivity contribution < 1.29 is 9.47 Å². The fraction of sp³-hybridized carbons (Fsp3) is 0.154. The highest BCUT2D eigenvalue weighted by atomic mass is 35.5. The van der Waals surface area contributed by atoms with Gasteiger partial charge in [-0.05, 0) is 36.2 Å². The number of rotatable bonds is 3. The third-order valence-electron chi connectivity index (χ3n) is 2.77. The number of hydrogen-bond donors (Lipinski definition) is 1. The van der Waals surface area contributed by atoms with E-state index in [-0.39, 0.29) is 5.28 Å². The molecule has 0 aliphatic carbocycles. The lowest BCUT2D eigenvalue weighted by Crippen LogP contribution is -1.95. The summed E-state index contributed by atoms with van der Waals surface area (Å²) in [6.07, 6.45) is 1.58. The molecule has 3 rings (SSSR count). The number of benzene rings is 1. The molecule has 3 aromatic rings. The van der Waals surface area contributed by atoms with Crippen molar-refractivity contribution in [1.82, 2.24) is 20.2 Å². The molecule has 0 bridgehead atoms. The van der Waals surface area contributed by atoms with E-state index >= 15 is 0 Å². The van der Waals surface area contributed by atoms with Crippen LogP contribution in [0.3, 0.4) is 0 Å². The van der Waals surface area contributed by atoms with E-state index in [1.165, 1.54) is 0 Å². The number of aromatic nitrogens is 4. The molecule has 0 aliphatic rings. The van der Waals surface area contributed by atoms with Crippen LogP contribution in [0.5, 0.6) is 17.4 Å². The maximum absolute atomic E-state index is 5.86. The van der Waals surface area contributed by atoms with Gasteiger partial charge in [0, 0.05) is 0 Å². The minimum atomic E-state index is 0.0860. The number of nitrogens with one attached hydrogen (secondary N) is 1. The predicted molar refractivity (Wildman–Crippen MR) is 74.5 cm³/mol. The lowest BCUT2D eigenvalue weighted by atomic mass is 10.2. The molecule has 0 spiro atoms. The van der Waals surface area contributed by atoms with Crippen LogP contribution in [0.2, 0.25) is 5.28 Å². The van der Waals surface area contributed by atoms with E-state index in [0.717, 1.165) is 5.56 Å². The van der Waals surface area contributed by atoms with E-state index < -0.39 is 0 Å². The SMILES string of the molecule is COc1cc(C)ccc1Oc1nc(Cl)nc2[nH]ncc12. The smallest absolute Gasteiger partial charge is 0.234 e. The van der Waals surface area contributed by atoms with E-state index in [2.05, 4.69) is 20.2 Å². The Morgan fingerprint density at radius 3 is 2.85 bits per heavy atom. The number of methoxy groups -OCH3 is 1. The largest absolute Gasteiger partial charge is 0.493 e. The Hall–Kier alpha value is -2.34. The van der Waals surface area contributed by atoms with E-state index in [4.69, 9.17) is 21.1 Å². The van der Waals surface area contributed by atoms with Gasteiger partial charge >= 0.3 is 0 Å². The third kappa shape index (κ3) is 2.25. The van der Waals surface area contributed by atoms with Gasteiger partial charge in [-0.3, -0.25) is 5.10 Å². The van der Waals surface area contributed by atoms with Crippen molar-refractivity contribution in [3.63, 3.8) is 0 Å². The maximum Gasteiger partial charge on any atom is 0.234 e. The van der Waals surface area contributed by atoms with Crippen LogP contribution in [0.1, 0.15) is 5.56 Å². The van der Waals surface area contributed by atoms with Crippen molar-refractivity contribution in [3.8, 4) is 17.4 Å². The second-order valence-corrected chi connectivity index (χ2v) is 4.52. The summed E-state index contributed by atoms with van der Waals surface area (Å²) in [5.41, 5.74) is 1.59. The number of halogens is 1. The normalized spacial score (nSPS) is 10.8. The van der Waals surface area contributed by atoms with Crippen LogP contribution >= 0.6 is 11.6 Å². The lowest BCUT2D eigenvalue weighted by molar-refractivity contribution is 0.375. The molecule has 1 aromatic carbocycles. The predicted octanol–water partition coefficient (Wildman–Crippen LogP) is 3.12. The Bertz CT molecular complexity index is 772. The van der Waals surface area contributed by atoms with E-state index in [1.807, 2.05) is 25.1 Å². The zero-order valence-electron chi connectivity index (χ0n) is 10.8. The Kier molecular flexibility index (Phi) is 3.15. The van der Waals surface area contributed by atoms with Gasteiger partial charge in [-0.25, -0.2) is 0 Å². The standard InChI is InChI=1S/C13H11ClN4O2/c1-7-3-4-9(10(5-7)19-2)20-12-8-6-15-18-11(8)16-13(14)17-12/h3-6H,1-2H3,(H,15,16,17,18). The number of aromatic amines is 1. The van der Waals surface area contributed by atoms with Gasteiger partial charge in [-0.1, -0.05) is 6.07 Å². The van der Waals surface area contributed by atoms with Crippen LogP contribution in [0.25, 0.3) is 11.0 Å². The van der Waals surface area contributed by atoms with Gasteiger partial charge in [0.2, 0.25) is 11.2 Å². The summed E-state index contributed by atoms with van der Waals surface area (Å²) in [5, 5.41) is 7.37. The highest BCUT2D eigenvalue weighted by Gasteiger charge is 2.13. The van der Waals surface area contributed by atoms with Crippen molar-refractivity contribution >= 4 is 22.6 Å². The molecule has 0 atom stereocenters. The minimum Gasteiger partial charge on any atom is -0.493 e. The van der Waals surface area contributed by atoms with Crippen LogP contribution in [0, 0.1) is 6.92 Å². The third-order valence-corrected chi connectivity index (χ3v) is 2.94. The molecule has 6 nitrogen and oxygen atoms in total. The summed E-state index contributed by atoms with van der Waals surface area (Å²) < 4.78 is 11.1. The first kappa shape index (κ1) is 12.7. The topological polar surface area (TPSA) is 72.9 Å². The Labute approximate surface area is 119 Å². The first-order valence-electron chi connectivity index (χ1n) is 5.86. The molecule has 0 unspecified atom stereocenters. The average Bonchev–Trinajstić information content (AvgIpc) is 2.88. The second kappa shape index (κ2) is 4.97. The van der Waals surface area contributed by atoms with Gasteiger partial charge in [0.1, 0.15) is 5.39 Å². The molecule has 0 aliphatic heterocycles. The molecule has 0 radical (unpaired) electrons. The van der Waals surface area contributed by atoms with E-state index in [9.17, 15) is 0 Å². The molecule has 7 heteroatoms. The summed E-state index contributed by atoms with van der Waals surface area (Å²) in [7, 11) is 1.59. The molecule has 0 saturated heterocycles. The molecular weight excluding hydrogens is 280 g/mol. The van der Waals surface area contributed by atoms with Crippen LogP contribution in [-0.2, 0) is 0 Å². The second-order valence-electron chi connectivity index (χ2n) is 4.19. The van der Waals surface area contributed by atoms with Crippen molar-refractivity contribution in [2.24, 2.45) is 0 Å². The van der Waals surface area contributed by atoms with Crippen LogP contribution < -0.4 is 9.47 Å². The van der Waals surface area contributed by atoms with Gasteiger partial charge in [-0.15, -0.1) is 0 Å². The highest BCUT2D eigenvalue weighted by Crippen LogP contribution is 2.34. The fourth-order valence-electron chi connectivity index (χ4n) is 1.82. The van der Waals surface area contributed by atoms with Crippen molar-refractivity contribution in [1.29, 1.82) is 0 Å². The van der Waals surface area contributed by atoms with Crippen LogP contribution in [0.4, 0.5) is 0 Å². The van der Waals surface area contributed by atoms with Gasteiger partial charge in [0.15, 0.2) is 17.1 Å². The molecular formula is C13H11ClN4O2. The highest BCUT2D eigenvalue weighted by molar-refractivity contribution is 6.28. The Balaban J connectivity index is 2.07. The number of aryl methyl sites for hydroxylation is 1. The molecule has 1 N–H and O–H groups in total. The molecule has 2 aromatic heterocycles. The molecule has 20 heavy (non-hydrogen) atoms. The number of hydrogen-bond acceptors (Lipinski definition) is 5. The number of nitrogens with zero attached hydrogens (tertiary/aromatic N) is 3. The molecule has 0 amide bonds. The van der Waals surface area contributed by atoms with Gasteiger partial charge in [0.25, 0.3) is 0 Å². The molecule has 0 fully saturated rings. The van der Waals surface area contributed by atoms with Crippen molar-refractivity contribution in [2.75, 3.05) is 7.11 Å². The minimum absolute atomic E-state index is 0.0860. The average molecular weight is 291 g/mol. The maximum atomic E-state index is 5.86. The van der Waals surface area contributed by atoms with Gasteiger partial charge in [-0.2, -0.15) is 15.1 Å². The number of fused-ring (bicyclic) bond motifs is 1. The molecule has 2 heterocycles. The van der Waals surface area contributed by atoms with Gasteiger partial charge < -0.3 is 9.47 Å². The summed E-state index contributed by atoms with van der Waals surface area (Å²) in [6.45, 7) is 1.97. The number of H-pyrrole nitrogens is 1. The summed E-state index contributed by atoms with van der Waals surface area (Å²) >= 11 is 5.86. The van der Waals surface area contributed by atoms with Crippen LogP contribution in [-0.4, -0.2) is 27.3 Å². The van der Waals surface area contributed by atoms with Crippen molar-refractivity contribution in [3.05, 3.63) is 35.2 Å². The van der Waals surface area contributed by atoms with E-state index in [1.54, 1.807) is 13.3 Å². The molecule has 0 saturated carbocycles. The monoisotopic (exact) mass is 290 g/mol.